The lowest BCUT2D eigenvalue weighted by molar-refractivity contribution is -0.142. The monoisotopic (exact) mass is 391 g/mol. The van der Waals surface area contributed by atoms with Gasteiger partial charge in [0.05, 0.1) is 12.7 Å². The molecule has 0 aliphatic carbocycles. The summed E-state index contributed by atoms with van der Waals surface area (Å²) in [6.45, 7) is 9.23. The molecule has 0 radical (unpaired) electrons. The third kappa shape index (κ3) is 4.00. The highest BCUT2D eigenvalue weighted by Gasteiger charge is 2.43. The fraction of sp³-hybridized carbons (Fsp3) is 0.611. The number of carboxylic acid groups (broad SMARTS) is 1. The van der Waals surface area contributed by atoms with Gasteiger partial charge in [0.25, 0.3) is 6.01 Å². The fourth-order valence-electron chi connectivity index (χ4n) is 3.16. The van der Waals surface area contributed by atoms with Crippen molar-refractivity contribution in [2.45, 2.75) is 64.8 Å². The van der Waals surface area contributed by atoms with Gasteiger partial charge in [-0.25, -0.2) is 19.6 Å². The van der Waals surface area contributed by atoms with E-state index in [4.69, 9.17) is 9.47 Å². The number of carboxylic acids is 1. The predicted octanol–water partition coefficient (Wildman–Crippen LogP) is 2.25. The summed E-state index contributed by atoms with van der Waals surface area (Å²) < 4.78 is 13.2. The molecule has 1 aliphatic heterocycles. The molecular formula is C18H25N5O5. The van der Waals surface area contributed by atoms with Gasteiger partial charge in [0.2, 0.25) is 0 Å². The third-order valence-corrected chi connectivity index (χ3v) is 4.29. The molecule has 1 fully saturated rings. The van der Waals surface area contributed by atoms with Crippen molar-refractivity contribution >= 4 is 23.2 Å². The molecule has 2 aromatic heterocycles. The summed E-state index contributed by atoms with van der Waals surface area (Å²) >= 11 is 0. The van der Waals surface area contributed by atoms with E-state index in [2.05, 4.69) is 15.0 Å². The molecule has 0 aromatic carbocycles. The topological polar surface area (TPSA) is 120 Å². The smallest absolute Gasteiger partial charge is 0.411 e. The molecule has 28 heavy (non-hydrogen) atoms. The van der Waals surface area contributed by atoms with Crippen LogP contribution in [0.3, 0.4) is 0 Å². The maximum Gasteiger partial charge on any atom is 0.411 e. The molecule has 0 saturated carbocycles. The first-order valence-corrected chi connectivity index (χ1v) is 9.14. The van der Waals surface area contributed by atoms with Crippen LogP contribution in [0.15, 0.2) is 12.5 Å². The van der Waals surface area contributed by atoms with Crippen LogP contribution in [0.25, 0.3) is 11.2 Å². The zero-order chi connectivity index (χ0) is 20.6. The van der Waals surface area contributed by atoms with Crippen molar-refractivity contribution in [3.8, 4) is 6.01 Å². The highest BCUT2D eigenvalue weighted by atomic mass is 16.6. The van der Waals surface area contributed by atoms with Crippen molar-refractivity contribution in [3.63, 3.8) is 0 Å². The van der Waals surface area contributed by atoms with Crippen LogP contribution in [0.2, 0.25) is 0 Å². The van der Waals surface area contributed by atoms with E-state index in [1.165, 1.54) is 11.2 Å². The minimum Gasteiger partial charge on any atom is -0.480 e. The van der Waals surface area contributed by atoms with Crippen LogP contribution in [0, 0.1) is 0 Å². The molecule has 152 valence electrons. The Balaban J connectivity index is 1.84. The van der Waals surface area contributed by atoms with Gasteiger partial charge in [-0.15, -0.1) is 0 Å². The average Bonchev–Trinajstić information content (AvgIpc) is 3.14. The van der Waals surface area contributed by atoms with Crippen molar-refractivity contribution < 1.29 is 24.2 Å². The third-order valence-electron chi connectivity index (χ3n) is 4.29. The number of carbonyl (C=O) groups excluding carboxylic acids is 1. The number of imidazole rings is 1. The molecule has 0 bridgehead atoms. The zero-order valence-electron chi connectivity index (χ0n) is 16.6. The van der Waals surface area contributed by atoms with Gasteiger partial charge in [-0.3, -0.25) is 9.47 Å². The lowest BCUT2D eigenvalue weighted by atomic mass is 10.2. The lowest BCUT2D eigenvalue weighted by Gasteiger charge is -2.26. The molecule has 1 saturated heterocycles. The Morgan fingerprint density at radius 1 is 1.32 bits per heavy atom. The second-order valence-electron chi connectivity index (χ2n) is 8.05. The van der Waals surface area contributed by atoms with Gasteiger partial charge >= 0.3 is 12.1 Å². The molecule has 10 nitrogen and oxygen atoms in total. The molecule has 0 spiro atoms. The number of amides is 1. The van der Waals surface area contributed by atoms with Crippen LogP contribution >= 0.6 is 0 Å². The van der Waals surface area contributed by atoms with Gasteiger partial charge in [-0.05, 0) is 34.6 Å². The Labute approximate surface area is 162 Å². The van der Waals surface area contributed by atoms with Crippen LogP contribution in [0.4, 0.5) is 4.79 Å². The number of rotatable bonds is 4. The molecule has 1 N–H and O–H groups in total. The Kier molecular flexibility index (Phi) is 5.14. The highest BCUT2D eigenvalue weighted by molar-refractivity contribution is 5.81. The standard InChI is InChI=1S/C18H25N5O5/c1-10(2)23-14-12(7-19-9-20-14)21-16(23)27-11-6-13(15(24)25)22(8-11)17(26)28-18(3,4)5/h7,9-11,13H,6,8H2,1-5H3,(H,24,25)/t11-,13+/m1/s1. The van der Waals surface area contributed by atoms with Gasteiger partial charge in [0, 0.05) is 12.5 Å². The van der Waals surface area contributed by atoms with Crippen LogP contribution in [0.5, 0.6) is 6.01 Å². The van der Waals surface area contributed by atoms with Crippen molar-refractivity contribution in [1.82, 2.24) is 24.4 Å². The molecule has 3 rings (SSSR count). The first-order valence-electron chi connectivity index (χ1n) is 9.14. The number of hydrogen-bond donors (Lipinski definition) is 1. The van der Waals surface area contributed by atoms with Crippen LogP contribution in [0.1, 0.15) is 47.1 Å². The van der Waals surface area contributed by atoms with E-state index in [1.807, 2.05) is 18.4 Å². The number of nitrogens with zero attached hydrogens (tertiary/aromatic N) is 5. The quantitative estimate of drug-likeness (QED) is 0.843. The van der Waals surface area contributed by atoms with Crippen LogP contribution in [-0.4, -0.2) is 65.9 Å². The maximum absolute atomic E-state index is 12.4. The molecule has 3 heterocycles. The number of hydrogen-bond acceptors (Lipinski definition) is 7. The van der Waals surface area contributed by atoms with E-state index < -0.39 is 29.8 Å². The van der Waals surface area contributed by atoms with Gasteiger partial charge in [0.15, 0.2) is 5.65 Å². The number of likely N-dealkylation sites (tertiary alicyclic amines) is 1. The SMILES string of the molecule is CC(C)n1c(O[C@@H]2C[C@@H](C(=O)O)N(C(=O)OC(C)(C)C)C2)nc2cncnc21. The predicted molar refractivity (Wildman–Crippen MR) is 99.1 cm³/mol. The molecule has 2 atom stereocenters. The summed E-state index contributed by atoms with van der Waals surface area (Å²) in [5.74, 6) is -1.10. The lowest BCUT2D eigenvalue weighted by Crippen LogP contribution is -2.43. The number of aromatic nitrogens is 4. The Bertz CT molecular complexity index is 888. The molecule has 10 heteroatoms. The Morgan fingerprint density at radius 2 is 2.04 bits per heavy atom. The van der Waals surface area contributed by atoms with Crippen molar-refractivity contribution in [1.29, 1.82) is 0 Å². The number of fused-ring (bicyclic) bond motifs is 1. The normalized spacial score (nSPS) is 20.0. The van der Waals surface area contributed by atoms with Gasteiger partial charge in [0.1, 0.15) is 29.6 Å². The van der Waals surface area contributed by atoms with Crippen molar-refractivity contribution in [3.05, 3.63) is 12.5 Å². The van der Waals surface area contributed by atoms with E-state index in [0.29, 0.717) is 17.2 Å². The molecule has 2 aromatic rings. The minimum absolute atomic E-state index is 0.0218. The van der Waals surface area contributed by atoms with Crippen molar-refractivity contribution in [2.24, 2.45) is 0 Å². The van der Waals surface area contributed by atoms with E-state index in [-0.39, 0.29) is 19.0 Å². The summed E-state index contributed by atoms with van der Waals surface area (Å²) in [5.41, 5.74) is 0.503. The van der Waals surface area contributed by atoms with E-state index >= 15 is 0 Å². The second-order valence-corrected chi connectivity index (χ2v) is 8.05. The summed E-state index contributed by atoms with van der Waals surface area (Å²) in [6, 6.07) is -0.671. The van der Waals surface area contributed by atoms with Gasteiger partial charge < -0.3 is 14.6 Å². The largest absolute Gasteiger partial charge is 0.480 e. The number of carbonyl (C=O) groups is 2. The Hall–Kier alpha value is -2.91. The van der Waals surface area contributed by atoms with Gasteiger partial charge in [-0.1, -0.05) is 0 Å². The number of aliphatic carboxylic acids is 1. The van der Waals surface area contributed by atoms with Crippen LogP contribution in [-0.2, 0) is 9.53 Å². The number of ether oxygens (including phenoxy) is 2. The summed E-state index contributed by atoms with van der Waals surface area (Å²) in [5, 5.41) is 9.53. The maximum atomic E-state index is 12.4. The molecule has 0 unspecified atom stereocenters. The van der Waals surface area contributed by atoms with E-state index in [0.717, 1.165) is 0 Å². The van der Waals surface area contributed by atoms with Crippen LogP contribution < -0.4 is 4.74 Å². The van der Waals surface area contributed by atoms with E-state index in [1.54, 1.807) is 27.0 Å². The first kappa shape index (κ1) is 19.8. The molecular weight excluding hydrogens is 366 g/mol. The Morgan fingerprint density at radius 3 is 2.64 bits per heavy atom. The fourth-order valence-corrected chi connectivity index (χ4v) is 3.16. The molecule has 1 aliphatic rings. The average molecular weight is 391 g/mol. The summed E-state index contributed by atoms with van der Waals surface area (Å²) in [6.07, 6.45) is 1.97. The van der Waals surface area contributed by atoms with Crippen molar-refractivity contribution in [2.75, 3.05) is 6.54 Å². The van der Waals surface area contributed by atoms with E-state index in [9.17, 15) is 14.7 Å². The summed E-state index contributed by atoms with van der Waals surface area (Å²) in [7, 11) is 0. The summed E-state index contributed by atoms with van der Waals surface area (Å²) in [4.78, 5) is 37.9. The zero-order valence-corrected chi connectivity index (χ0v) is 16.6. The van der Waals surface area contributed by atoms with Gasteiger partial charge in [-0.2, -0.15) is 4.98 Å². The highest BCUT2D eigenvalue weighted by Crippen LogP contribution is 2.28. The first-order chi connectivity index (χ1) is 13.1. The second kappa shape index (κ2) is 7.25. The minimum atomic E-state index is -1.10. The molecule has 1 amide bonds.